The highest BCUT2D eigenvalue weighted by Gasteiger charge is 2.68. The number of nitrogens with zero attached hydrogens (tertiary/aromatic N) is 1. The summed E-state index contributed by atoms with van der Waals surface area (Å²) in [6.45, 7) is 7.30. The molecule has 1 saturated heterocycles. The first-order valence-electron chi connectivity index (χ1n) is 10.9. The molecule has 4 nitrogen and oxygen atoms in total. The van der Waals surface area contributed by atoms with E-state index in [0.29, 0.717) is 19.0 Å². The number of carbonyl (C=O) groups excluding carboxylic acids is 1. The van der Waals surface area contributed by atoms with Crippen molar-refractivity contribution >= 4 is 21.9 Å². The minimum atomic E-state index is -3.47. The Kier molecular flexibility index (Phi) is 4.06. The van der Waals surface area contributed by atoms with Gasteiger partial charge in [0.1, 0.15) is 5.78 Å². The second kappa shape index (κ2) is 6.04. The zero-order valence-corrected chi connectivity index (χ0v) is 18.5. The van der Waals surface area contributed by atoms with Gasteiger partial charge in [0.15, 0.2) is 0 Å². The number of rotatable bonds is 3. The molecule has 3 fully saturated rings. The molecule has 0 N–H and O–H groups in total. The van der Waals surface area contributed by atoms with Crippen molar-refractivity contribution in [2.75, 3.05) is 18.8 Å². The van der Waals surface area contributed by atoms with E-state index in [1.807, 2.05) is 6.92 Å². The lowest BCUT2D eigenvalue weighted by Crippen LogP contribution is -2.50. The van der Waals surface area contributed by atoms with Gasteiger partial charge in [-0.1, -0.05) is 57.2 Å². The van der Waals surface area contributed by atoms with Crippen molar-refractivity contribution in [3.63, 3.8) is 0 Å². The molecule has 0 amide bonds. The highest BCUT2D eigenvalue weighted by Crippen LogP contribution is 2.66. The molecule has 1 aliphatic heterocycles. The molecule has 1 aromatic carbocycles. The average molecular weight is 414 g/mol. The van der Waals surface area contributed by atoms with Crippen LogP contribution in [0.15, 0.2) is 30.3 Å². The Morgan fingerprint density at radius 3 is 2.45 bits per heavy atom. The molecule has 1 unspecified atom stereocenters. The van der Waals surface area contributed by atoms with Gasteiger partial charge in [0.05, 0.1) is 5.75 Å². The fourth-order valence-electron chi connectivity index (χ4n) is 7.14. The molecule has 29 heavy (non-hydrogen) atoms. The van der Waals surface area contributed by atoms with E-state index in [4.69, 9.17) is 0 Å². The van der Waals surface area contributed by atoms with Crippen LogP contribution < -0.4 is 0 Å². The molecule has 1 aromatic rings. The number of allylic oxidation sites excluding steroid dienone is 1. The van der Waals surface area contributed by atoms with E-state index in [9.17, 15) is 13.2 Å². The number of carbonyl (C=O) groups is 1. The first-order chi connectivity index (χ1) is 13.6. The molecule has 3 aliphatic carbocycles. The van der Waals surface area contributed by atoms with Gasteiger partial charge in [0.2, 0.25) is 10.0 Å². The number of ketones is 1. The number of piperidine rings is 1. The maximum Gasteiger partial charge on any atom is 0.215 e. The van der Waals surface area contributed by atoms with Gasteiger partial charge in [0.25, 0.3) is 0 Å². The number of sulfonamides is 1. The van der Waals surface area contributed by atoms with E-state index in [2.05, 4.69) is 50.3 Å². The van der Waals surface area contributed by atoms with Crippen molar-refractivity contribution in [1.82, 2.24) is 4.31 Å². The fourth-order valence-corrected chi connectivity index (χ4v) is 9.34. The molecule has 1 spiro atoms. The quantitative estimate of drug-likeness (QED) is 0.752. The monoisotopic (exact) mass is 413 g/mol. The average Bonchev–Trinajstić information content (AvgIpc) is 3.20. The van der Waals surface area contributed by atoms with E-state index in [1.165, 1.54) is 11.1 Å². The lowest BCUT2D eigenvalue weighted by Gasteiger charge is -2.41. The highest BCUT2D eigenvalue weighted by molar-refractivity contribution is 7.89. The number of Topliss-reactive ketones (excluding diaryl/α,β-unsaturated/α-hetero) is 1. The predicted molar refractivity (Wildman–Crippen MR) is 115 cm³/mol. The van der Waals surface area contributed by atoms with Crippen LogP contribution in [0.5, 0.6) is 0 Å². The molecule has 1 heterocycles. The maximum atomic E-state index is 13.5. The third kappa shape index (κ3) is 2.46. The second-order valence-corrected chi connectivity index (χ2v) is 12.3. The Morgan fingerprint density at radius 2 is 1.79 bits per heavy atom. The molecule has 5 rings (SSSR count). The number of hydrogen-bond acceptors (Lipinski definition) is 3. The Labute approximate surface area is 174 Å². The van der Waals surface area contributed by atoms with Crippen LogP contribution in [0.2, 0.25) is 0 Å². The van der Waals surface area contributed by atoms with Gasteiger partial charge in [-0.2, -0.15) is 0 Å². The lowest BCUT2D eigenvalue weighted by molar-refractivity contribution is -0.131. The molecular formula is C24H31NO3S. The fraction of sp³-hybridized carbons (Fsp3) is 0.625. The van der Waals surface area contributed by atoms with Crippen molar-refractivity contribution in [3.05, 3.63) is 41.5 Å². The Balaban J connectivity index is 1.37. The second-order valence-electron chi connectivity index (χ2n) is 10.3. The van der Waals surface area contributed by atoms with Gasteiger partial charge in [0, 0.05) is 29.8 Å². The Hall–Kier alpha value is -1.46. The van der Waals surface area contributed by atoms with Crippen molar-refractivity contribution in [2.24, 2.45) is 22.7 Å². The first-order valence-corrected chi connectivity index (χ1v) is 12.5. The smallest absolute Gasteiger partial charge is 0.215 e. The van der Waals surface area contributed by atoms with Crippen LogP contribution in [0.3, 0.4) is 0 Å². The van der Waals surface area contributed by atoms with Gasteiger partial charge in [-0.05, 0) is 48.1 Å². The van der Waals surface area contributed by atoms with Crippen LogP contribution in [0.25, 0.3) is 6.08 Å². The Bertz CT molecular complexity index is 1000. The number of benzene rings is 1. The Morgan fingerprint density at radius 1 is 1.10 bits per heavy atom. The lowest BCUT2D eigenvalue weighted by atomic mass is 9.70. The van der Waals surface area contributed by atoms with Gasteiger partial charge in [-0.3, -0.25) is 4.79 Å². The van der Waals surface area contributed by atoms with E-state index in [-0.39, 0.29) is 28.3 Å². The predicted octanol–water partition coefficient (Wildman–Crippen LogP) is 4.02. The van der Waals surface area contributed by atoms with Crippen LogP contribution in [-0.2, 0) is 20.2 Å². The van der Waals surface area contributed by atoms with Gasteiger partial charge < -0.3 is 0 Å². The molecule has 4 aliphatic rings. The molecule has 5 heteroatoms. The molecular weight excluding hydrogens is 382 g/mol. The van der Waals surface area contributed by atoms with Gasteiger partial charge >= 0.3 is 0 Å². The zero-order valence-electron chi connectivity index (χ0n) is 17.6. The van der Waals surface area contributed by atoms with Crippen LogP contribution in [-0.4, -0.2) is 37.3 Å². The van der Waals surface area contributed by atoms with Crippen LogP contribution in [0, 0.1) is 22.7 Å². The standard InChI is InChI=1S/C24H31NO3S/c1-17-19-9-11-24(21(17)26,22(19,2)3)16-29(27,28)25-14-12-23(13-15-25)10-8-18-6-4-5-7-20(18)23/h4-8,10,17,19H,9,11-16H2,1-3H3/t17?,19-,24-/m1/s1. The van der Waals surface area contributed by atoms with Crippen LogP contribution in [0.1, 0.15) is 57.6 Å². The molecule has 3 atom stereocenters. The molecule has 0 aromatic heterocycles. The van der Waals surface area contributed by atoms with Crippen molar-refractivity contribution < 1.29 is 13.2 Å². The number of fused-ring (bicyclic) bond motifs is 4. The molecule has 156 valence electrons. The van der Waals surface area contributed by atoms with Gasteiger partial charge in [-0.15, -0.1) is 0 Å². The molecule has 2 bridgehead atoms. The van der Waals surface area contributed by atoms with E-state index in [1.54, 1.807) is 4.31 Å². The zero-order chi connectivity index (χ0) is 20.7. The summed E-state index contributed by atoms with van der Waals surface area (Å²) in [5.74, 6) is 0.476. The summed E-state index contributed by atoms with van der Waals surface area (Å²) in [6, 6.07) is 8.44. The van der Waals surface area contributed by atoms with Gasteiger partial charge in [-0.25, -0.2) is 12.7 Å². The summed E-state index contributed by atoms with van der Waals surface area (Å²) in [4.78, 5) is 13.1. The minimum absolute atomic E-state index is 0.00784. The largest absolute Gasteiger partial charge is 0.299 e. The van der Waals surface area contributed by atoms with Crippen LogP contribution in [0.4, 0.5) is 0 Å². The summed E-state index contributed by atoms with van der Waals surface area (Å²) < 4.78 is 28.6. The van der Waals surface area contributed by atoms with E-state index < -0.39 is 15.4 Å². The summed E-state index contributed by atoms with van der Waals surface area (Å²) >= 11 is 0. The highest BCUT2D eigenvalue weighted by atomic mass is 32.2. The third-order valence-corrected chi connectivity index (χ3v) is 11.1. The first kappa shape index (κ1) is 19.5. The summed E-state index contributed by atoms with van der Waals surface area (Å²) in [5, 5.41) is 0. The molecule has 2 saturated carbocycles. The van der Waals surface area contributed by atoms with Crippen molar-refractivity contribution in [3.8, 4) is 0 Å². The number of hydrogen-bond donors (Lipinski definition) is 0. The third-order valence-electron chi connectivity index (χ3n) is 9.05. The normalized spacial score (nSPS) is 34.8. The van der Waals surface area contributed by atoms with E-state index >= 15 is 0 Å². The summed E-state index contributed by atoms with van der Waals surface area (Å²) in [5.41, 5.74) is 1.62. The van der Waals surface area contributed by atoms with E-state index in [0.717, 1.165) is 25.7 Å². The minimum Gasteiger partial charge on any atom is -0.299 e. The molecule has 0 radical (unpaired) electrons. The van der Waals surface area contributed by atoms with Crippen molar-refractivity contribution in [2.45, 2.75) is 51.9 Å². The van der Waals surface area contributed by atoms with Crippen LogP contribution >= 0.6 is 0 Å². The summed E-state index contributed by atoms with van der Waals surface area (Å²) in [6.07, 6.45) is 7.76. The van der Waals surface area contributed by atoms with Crippen molar-refractivity contribution in [1.29, 1.82) is 0 Å². The summed E-state index contributed by atoms with van der Waals surface area (Å²) in [7, 11) is -3.47. The SMILES string of the molecule is CC1C(=O)[C@]2(CS(=O)(=O)N3CCC4(C=Cc5ccccc54)CC3)CC[C@H]1C2(C)C. The topological polar surface area (TPSA) is 54.5 Å². The maximum absolute atomic E-state index is 13.5.